The Morgan fingerprint density at radius 1 is 0.907 bits per heavy atom. The van der Waals surface area contributed by atoms with Crippen LogP contribution in [0.5, 0.6) is 17.2 Å². The van der Waals surface area contributed by atoms with E-state index in [0.29, 0.717) is 33.2 Å². The van der Waals surface area contributed by atoms with Gasteiger partial charge in [0.15, 0.2) is 15.6 Å². The average Bonchev–Trinajstić information content (AvgIpc) is 3.00. The lowest BCUT2D eigenvalue weighted by molar-refractivity contribution is -0.386. The Bertz CT molecular complexity index is 1820. The molecule has 0 spiro atoms. The highest BCUT2D eigenvalue weighted by atomic mass is 32.2. The first kappa shape index (κ1) is 29.7. The van der Waals surface area contributed by atoms with Crippen molar-refractivity contribution in [3.8, 4) is 17.2 Å². The zero-order chi connectivity index (χ0) is 30.6. The molecule has 10 nitrogen and oxygen atoms in total. The van der Waals surface area contributed by atoms with Crippen LogP contribution in [0.15, 0.2) is 99.6 Å². The molecule has 0 saturated heterocycles. The van der Waals surface area contributed by atoms with Crippen LogP contribution < -0.4 is 19.5 Å². The van der Waals surface area contributed by atoms with Crippen molar-refractivity contribution in [1.29, 1.82) is 0 Å². The highest BCUT2D eigenvalue weighted by Crippen LogP contribution is 2.41. The van der Waals surface area contributed by atoms with E-state index in [0.717, 1.165) is 17.3 Å². The monoisotopic (exact) mass is 618 g/mol. The largest absolute Gasteiger partial charge is 0.496 e. The molecule has 1 aliphatic rings. The minimum absolute atomic E-state index is 0.0225. The molecule has 4 aromatic carbocycles. The van der Waals surface area contributed by atoms with Gasteiger partial charge in [-0.05, 0) is 53.6 Å². The summed E-state index contributed by atoms with van der Waals surface area (Å²) in [6.45, 7) is 0.168. The molecule has 0 atom stereocenters. The predicted molar refractivity (Wildman–Crippen MR) is 163 cm³/mol. The summed E-state index contributed by atoms with van der Waals surface area (Å²) in [4.78, 5) is 25.1. The van der Waals surface area contributed by atoms with Crippen molar-refractivity contribution in [1.82, 2.24) is 0 Å². The Morgan fingerprint density at radius 3 is 2.30 bits per heavy atom. The topological polar surface area (TPSA) is 134 Å². The number of hydrogen-bond acceptors (Lipinski definition) is 9. The molecule has 12 heteroatoms. The summed E-state index contributed by atoms with van der Waals surface area (Å²) in [7, 11) is -0.937. The molecule has 4 aromatic rings. The third kappa shape index (κ3) is 6.65. The molecule has 5 rings (SSSR count). The zero-order valence-corrected chi connectivity index (χ0v) is 24.7. The second kappa shape index (κ2) is 12.6. The second-order valence-corrected chi connectivity index (χ2v) is 12.5. The minimum atomic E-state index is -3.84. The maximum atomic E-state index is 13.3. The molecule has 0 aliphatic carbocycles. The molecule has 0 saturated carbocycles. The Morgan fingerprint density at radius 2 is 1.63 bits per heavy atom. The normalized spacial score (nSPS) is 13.6. The zero-order valence-electron chi connectivity index (χ0n) is 23.1. The Balaban J connectivity index is 1.37. The van der Waals surface area contributed by atoms with Crippen molar-refractivity contribution < 1.29 is 32.3 Å². The number of carbonyl (C=O) groups is 1. The molecule has 0 radical (unpaired) electrons. The van der Waals surface area contributed by atoms with Gasteiger partial charge in [-0.2, -0.15) is 0 Å². The summed E-state index contributed by atoms with van der Waals surface area (Å²) < 4.78 is 43.1. The van der Waals surface area contributed by atoms with Crippen LogP contribution in [0.4, 0.5) is 11.4 Å². The molecule has 1 heterocycles. The molecule has 1 amide bonds. The first-order valence-electron chi connectivity index (χ1n) is 12.9. The molecule has 1 N–H and O–H groups in total. The lowest BCUT2D eigenvalue weighted by atomic mass is 10.1. The summed E-state index contributed by atoms with van der Waals surface area (Å²) in [6, 6.07) is 23.3. The average molecular weight is 619 g/mol. The predicted octanol–water partition coefficient (Wildman–Crippen LogP) is 6.25. The van der Waals surface area contributed by atoms with Gasteiger partial charge in [-0.3, -0.25) is 14.9 Å². The van der Waals surface area contributed by atoms with Crippen molar-refractivity contribution in [3.63, 3.8) is 0 Å². The molecule has 0 aromatic heterocycles. The fourth-order valence-electron chi connectivity index (χ4n) is 4.45. The standard InChI is InChI=1S/C31H26N2O8S2/c1-39-26-9-6-10-27(40-2)23(26)19-43(37,38)22-12-14-29-24(17-22)32-31(34)30(42-29)16-21-11-13-28(25(15-21)33(35)36)41-18-20-7-4-3-5-8-20/h3-17H,18-19H2,1-2H3,(H,32,34)/b30-16-. The number of fused-ring (bicyclic) bond motifs is 1. The lowest BCUT2D eigenvalue weighted by Gasteiger charge is -2.20. The second-order valence-electron chi connectivity index (χ2n) is 9.38. The molecular formula is C31H26N2O8S2. The fraction of sp³-hybridized carbons (Fsp3) is 0.129. The van der Waals surface area contributed by atoms with E-state index in [1.165, 1.54) is 44.6 Å². The number of sulfone groups is 1. The van der Waals surface area contributed by atoms with Crippen LogP contribution in [0.2, 0.25) is 0 Å². The summed E-state index contributed by atoms with van der Waals surface area (Å²) in [5.41, 5.74) is 1.81. The molecule has 0 bridgehead atoms. The van der Waals surface area contributed by atoms with Crippen molar-refractivity contribution in [3.05, 3.63) is 117 Å². The first-order chi connectivity index (χ1) is 20.7. The Kier molecular flexibility index (Phi) is 8.69. The van der Waals surface area contributed by atoms with Crippen molar-refractivity contribution >= 4 is 45.0 Å². The van der Waals surface area contributed by atoms with Crippen LogP contribution in [0.3, 0.4) is 0 Å². The van der Waals surface area contributed by atoms with Gasteiger partial charge in [-0.25, -0.2) is 8.42 Å². The number of nitrogens with one attached hydrogen (secondary N) is 1. The van der Waals surface area contributed by atoms with Gasteiger partial charge in [0.2, 0.25) is 0 Å². The summed E-state index contributed by atoms with van der Waals surface area (Å²) >= 11 is 1.13. The lowest BCUT2D eigenvalue weighted by Crippen LogP contribution is -2.18. The smallest absolute Gasteiger partial charge is 0.311 e. The summed E-state index contributed by atoms with van der Waals surface area (Å²) in [6.07, 6.45) is 1.54. The number of anilines is 1. The van der Waals surface area contributed by atoms with Crippen molar-refractivity contribution in [2.75, 3.05) is 19.5 Å². The summed E-state index contributed by atoms with van der Waals surface area (Å²) in [5.74, 6) is 0.0490. The molecule has 43 heavy (non-hydrogen) atoms. The van der Waals surface area contributed by atoms with E-state index in [1.54, 1.807) is 30.3 Å². The number of benzene rings is 4. The number of nitro groups is 1. The number of nitro benzene ring substituents is 1. The van der Waals surface area contributed by atoms with Crippen LogP contribution in [0.25, 0.3) is 6.08 Å². The Labute approximate surface area is 252 Å². The third-order valence-electron chi connectivity index (χ3n) is 6.58. The molecule has 220 valence electrons. The molecule has 0 fully saturated rings. The van der Waals surface area contributed by atoms with Crippen LogP contribution >= 0.6 is 11.8 Å². The van der Waals surface area contributed by atoms with Gasteiger partial charge in [0, 0.05) is 11.0 Å². The van der Waals surface area contributed by atoms with E-state index in [-0.39, 0.29) is 33.6 Å². The first-order valence-corrected chi connectivity index (χ1v) is 15.4. The van der Waals surface area contributed by atoms with Gasteiger partial charge < -0.3 is 19.5 Å². The van der Waals surface area contributed by atoms with E-state index < -0.39 is 20.7 Å². The molecule has 0 unspecified atom stereocenters. The number of carbonyl (C=O) groups excluding carboxylic acids is 1. The fourth-order valence-corrected chi connectivity index (χ4v) is 6.79. The van der Waals surface area contributed by atoms with Gasteiger partial charge in [-0.15, -0.1) is 0 Å². The van der Waals surface area contributed by atoms with Gasteiger partial charge in [0.25, 0.3) is 5.91 Å². The van der Waals surface area contributed by atoms with Gasteiger partial charge in [0.1, 0.15) is 18.1 Å². The van der Waals surface area contributed by atoms with E-state index in [1.807, 2.05) is 30.3 Å². The highest BCUT2D eigenvalue weighted by molar-refractivity contribution is 8.04. The van der Waals surface area contributed by atoms with Crippen LogP contribution in [0, 0.1) is 10.1 Å². The third-order valence-corrected chi connectivity index (χ3v) is 9.32. The highest BCUT2D eigenvalue weighted by Gasteiger charge is 2.26. The molecular weight excluding hydrogens is 592 g/mol. The number of hydrogen-bond donors (Lipinski definition) is 1. The van der Waals surface area contributed by atoms with Crippen LogP contribution in [-0.4, -0.2) is 33.5 Å². The van der Waals surface area contributed by atoms with Crippen LogP contribution in [-0.2, 0) is 27.0 Å². The van der Waals surface area contributed by atoms with E-state index in [2.05, 4.69) is 5.32 Å². The number of ether oxygens (including phenoxy) is 3. The van der Waals surface area contributed by atoms with E-state index in [9.17, 15) is 23.3 Å². The van der Waals surface area contributed by atoms with E-state index in [4.69, 9.17) is 14.2 Å². The summed E-state index contributed by atoms with van der Waals surface area (Å²) in [5, 5.41) is 14.5. The number of rotatable bonds is 10. The van der Waals surface area contributed by atoms with Crippen LogP contribution in [0.1, 0.15) is 16.7 Å². The van der Waals surface area contributed by atoms with Gasteiger partial charge in [-0.1, -0.05) is 54.2 Å². The number of thioether (sulfide) groups is 1. The van der Waals surface area contributed by atoms with Gasteiger partial charge >= 0.3 is 5.69 Å². The quantitative estimate of drug-likeness (QED) is 0.124. The number of methoxy groups -OCH3 is 2. The maximum absolute atomic E-state index is 13.3. The van der Waals surface area contributed by atoms with Crippen molar-refractivity contribution in [2.45, 2.75) is 22.2 Å². The van der Waals surface area contributed by atoms with E-state index >= 15 is 0 Å². The van der Waals surface area contributed by atoms with Gasteiger partial charge in [0.05, 0.1) is 45.9 Å². The number of amides is 1. The minimum Gasteiger partial charge on any atom is -0.496 e. The SMILES string of the molecule is COc1cccc(OC)c1CS(=O)(=O)c1ccc2c(c1)NC(=O)/C(=C/c1ccc(OCc3ccccc3)c([N+](=O)[O-])c1)S2. The maximum Gasteiger partial charge on any atom is 0.311 e. The van der Waals surface area contributed by atoms with Crippen molar-refractivity contribution in [2.24, 2.45) is 0 Å². The number of nitrogens with zero attached hydrogens (tertiary/aromatic N) is 1. The molecule has 1 aliphatic heterocycles. The Hall–Kier alpha value is -4.81.